The van der Waals surface area contributed by atoms with Gasteiger partial charge in [0, 0.05) is 10.6 Å². The molecule has 1 rings (SSSR count). The zero-order chi connectivity index (χ0) is 13.5. The zero-order valence-electron chi connectivity index (χ0n) is 9.68. The number of hydrogen-bond acceptors (Lipinski definition) is 3. The van der Waals surface area contributed by atoms with Crippen LogP contribution in [-0.4, -0.2) is 13.0 Å². The lowest BCUT2D eigenvalue weighted by molar-refractivity contribution is -0.114. The van der Waals surface area contributed by atoms with Crippen molar-refractivity contribution in [3.63, 3.8) is 0 Å². The topological polar surface area (TPSA) is 76.1 Å². The monoisotopic (exact) mass is 262 g/mol. The van der Waals surface area contributed by atoms with E-state index in [0.29, 0.717) is 10.8 Å². The van der Waals surface area contributed by atoms with Gasteiger partial charge < -0.3 is 10.5 Å². The summed E-state index contributed by atoms with van der Waals surface area (Å²) in [6.07, 6.45) is 4.55. The number of nitrogens with two attached hydrogens (primary N) is 1. The number of amides is 1. The van der Waals surface area contributed by atoms with Crippen molar-refractivity contribution < 1.29 is 9.53 Å². The van der Waals surface area contributed by atoms with Crippen LogP contribution in [0.1, 0.15) is 5.56 Å². The number of primary amides is 1. The van der Waals surface area contributed by atoms with E-state index in [1.807, 2.05) is 0 Å². The molecule has 0 aliphatic rings. The van der Waals surface area contributed by atoms with E-state index in [2.05, 4.69) is 0 Å². The number of nitriles is 1. The second-order valence-corrected chi connectivity index (χ2v) is 3.74. The maximum Gasteiger partial charge on any atom is 0.259 e. The summed E-state index contributed by atoms with van der Waals surface area (Å²) >= 11 is 5.86. The second-order valence-electron chi connectivity index (χ2n) is 3.30. The largest absolute Gasteiger partial charge is 0.496 e. The van der Waals surface area contributed by atoms with E-state index in [1.165, 1.54) is 12.2 Å². The lowest BCUT2D eigenvalue weighted by Gasteiger charge is -2.04. The van der Waals surface area contributed by atoms with E-state index in [4.69, 9.17) is 27.3 Å². The summed E-state index contributed by atoms with van der Waals surface area (Å²) < 4.78 is 5.14. The summed E-state index contributed by atoms with van der Waals surface area (Å²) in [5.74, 6) is -0.123. The molecule has 1 aromatic rings. The summed E-state index contributed by atoms with van der Waals surface area (Å²) in [4.78, 5) is 10.8. The van der Waals surface area contributed by atoms with Gasteiger partial charge in [-0.1, -0.05) is 23.8 Å². The van der Waals surface area contributed by atoms with Gasteiger partial charge in [-0.25, -0.2) is 0 Å². The Kier molecular flexibility index (Phi) is 4.97. The van der Waals surface area contributed by atoms with Crippen molar-refractivity contribution in [1.82, 2.24) is 0 Å². The van der Waals surface area contributed by atoms with Crippen LogP contribution in [0.2, 0.25) is 5.02 Å². The van der Waals surface area contributed by atoms with Gasteiger partial charge in [0.2, 0.25) is 0 Å². The molecule has 5 heteroatoms. The van der Waals surface area contributed by atoms with Crippen molar-refractivity contribution in [1.29, 1.82) is 5.26 Å². The minimum absolute atomic E-state index is 0.118. The molecule has 0 aromatic heterocycles. The Morgan fingerprint density at radius 1 is 1.56 bits per heavy atom. The van der Waals surface area contributed by atoms with Crippen molar-refractivity contribution in [2.45, 2.75) is 0 Å². The van der Waals surface area contributed by atoms with E-state index in [0.717, 1.165) is 5.56 Å². The summed E-state index contributed by atoms with van der Waals surface area (Å²) in [6, 6.07) is 6.85. The van der Waals surface area contributed by atoms with E-state index in [1.54, 1.807) is 37.5 Å². The third-order valence-corrected chi connectivity index (χ3v) is 2.35. The molecule has 0 fully saturated rings. The van der Waals surface area contributed by atoms with Gasteiger partial charge in [0.05, 0.1) is 7.11 Å². The number of ether oxygens (including phenoxy) is 1. The fraction of sp³-hybridized carbons (Fsp3) is 0.0769. The predicted octanol–water partition coefficient (Wildman–Crippen LogP) is 2.30. The normalized spacial score (nSPS) is 11.3. The molecule has 0 bridgehead atoms. The third-order valence-electron chi connectivity index (χ3n) is 2.12. The van der Waals surface area contributed by atoms with Crippen LogP contribution >= 0.6 is 11.6 Å². The minimum atomic E-state index is -0.764. The van der Waals surface area contributed by atoms with Crippen molar-refractivity contribution in [2.75, 3.05) is 7.11 Å². The molecule has 0 heterocycles. The Hall–Kier alpha value is -2.25. The van der Waals surface area contributed by atoms with Gasteiger partial charge in [-0.2, -0.15) is 5.26 Å². The Morgan fingerprint density at radius 2 is 2.28 bits per heavy atom. The van der Waals surface area contributed by atoms with Crippen molar-refractivity contribution in [3.8, 4) is 11.8 Å². The number of allylic oxidation sites excluding steroid dienone is 2. The average Bonchev–Trinajstić information content (AvgIpc) is 2.34. The van der Waals surface area contributed by atoms with Crippen molar-refractivity contribution in [3.05, 3.63) is 46.5 Å². The van der Waals surface area contributed by atoms with Gasteiger partial charge in [0.1, 0.15) is 17.4 Å². The molecule has 1 aromatic carbocycles. The molecule has 0 saturated carbocycles. The first kappa shape index (κ1) is 13.8. The molecule has 18 heavy (non-hydrogen) atoms. The standard InChI is InChI=1S/C13H11ClN2O2/c1-18-12-6-5-11(14)7-9(12)3-2-4-10(8-15)13(16)17/h2-7H,1H3,(H2,16,17)/b3-2-,10-4+. The Bertz CT molecular complexity index is 557. The Labute approximate surface area is 110 Å². The van der Waals surface area contributed by atoms with Crippen LogP contribution in [0.3, 0.4) is 0 Å². The molecule has 2 N–H and O–H groups in total. The van der Waals surface area contributed by atoms with Crippen LogP contribution in [0.25, 0.3) is 6.08 Å². The predicted molar refractivity (Wildman–Crippen MR) is 69.9 cm³/mol. The van der Waals surface area contributed by atoms with Crippen molar-refractivity contribution >= 4 is 23.6 Å². The number of benzene rings is 1. The molecular weight excluding hydrogens is 252 g/mol. The first-order valence-corrected chi connectivity index (χ1v) is 5.38. The third kappa shape index (κ3) is 3.65. The van der Waals surface area contributed by atoms with E-state index < -0.39 is 5.91 Å². The minimum Gasteiger partial charge on any atom is -0.496 e. The van der Waals surface area contributed by atoms with Gasteiger partial charge in [-0.15, -0.1) is 0 Å². The Morgan fingerprint density at radius 3 is 2.83 bits per heavy atom. The molecule has 0 saturated heterocycles. The summed E-state index contributed by atoms with van der Waals surface area (Å²) in [7, 11) is 1.54. The molecule has 92 valence electrons. The highest BCUT2D eigenvalue weighted by molar-refractivity contribution is 6.30. The van der Waals surface area contributed by atoms with E-state index in [9.17, 15) is 4.79 Å². The number of nitrogens with zero attached hydrogens (tertiary/aromatic N) is 1. The van der Waals surface area contributed by atoms with Gasteiger partial charge >= 0.3 is 0 Å². The van der Waals surface area contributed by atoms with Crippen LogP contribution in [0.4, 0.5) is 0 Å². The summed E-state index contributed by atoms with van der Waals surface area (Å²) in [6.45, 7) is 0. The average molecular weight is 263 g/mol. The highest BCUT2D eigenvalue weighted by Gasteiger charge is 2.01. The molecule has 0 atom stereocenters. The fourth-order valence-electron chi connectivity index (χ4n) is 1.26. The van der Waals surface area contributed by atoms with Crippen LogP contribution in [-0.2, 0) is 4.79 Å². The van der Waals surface area contributed by atoms with Crippen molar-refractivity contribution in [2.24, 2.45) is 5.73 Å². The maximum atomic E-state index is 10.8. The van der Waals surface area contributed by atoms with E-state index in [-0.39, 0.29) is 5.57 Å². The van der Waals surface area contributed by atoms with Crippen LogP contribution in [0.5, 0.6) is 5.75 Å². The molecule has 4 nitrogen and oxygen atoms in total. The van der Waals surface area contributed by atoms with Crippen LogP contribution in [0.15, 0.2) is 35.9 Å². The first-order chi connectivity index (χ1) is 8.58. The number of hydrogen-bond donors (Lipinski definition) is 1. The summed E-state index contributed by atoms with van der Waals surface area (Å²) in [5, 5.41) is 9.20. The quantitative estimate of drug-likeness (QED) is 0.514. The maximum absolute atomic E-state index is 10.8. The molecule has 0 aliphatic heterocycles. The van der Waals surface area contributed by atoms with Crippen LogP contribution < -0.4 is 10.5 Å². The molecule has 0 unspecified atom stereocenters. The lowest BCUT2D eigenvalue weighted by atomic mass is 10.1. The number of rotatable bonds is 4. The molecule has 1 amide bonds. The number of methoxy groups -OCH3 is 1. The molecular formula is C13H11ClN2O2. The first-order valence-electron chi connectivity index (χ1n) is 5.00. The number of carbonyl (C=O) groups excluding carboxylic acids is 1. The fourth-order valence-corrected chi connectivity index (χ4v) is 1.44. The molecule has 0 aliphatic carbocycles. The van der Waals surface area contributed by atoms with Gasteiger partial charge in [-0.05, 0) is 24.3 Å². The van der Waals surface area contributed by atoms with Gasteiger partial charge in [0.25, 0.3) is 5.91 Å². The second kappa shape index (κ2) is 6.48. The van der Waals surface area contributed by atoms with Gasteiger partial charge in [-0.3, -0.25) is 4.79 Å². The lowest BCUT2D eigenvalue weighted by Crippen LogP contribution is -2.12. The smallest absolute Gasteiger partial charge is 0.259 e. The SMILES string of the molecule is COc1ccc(Cl)cc1/C=C\C=C(/C#N)C(N)=O. The summed E-state index contributed by atoms with van der Waals surface area (Å²) in [5.41, 5.74) is 5.62. The Balaban J connectivity index is 3.01. The van der Waals surface area contributed by atoms with E-state index >= 15 is 0 Å². The highest BCUT2D eigenvalue weighted by Crippen LogP contribution is 2.23. The number of carbonyl (C=O) groups is 1. The number of halogens is 1. The van der Waals surface area contributed by atoms with Gasteiger partial charge in [0.15, 0.2) is 0 Å². The molecule has 0 radical (unpaired) electrons. The van der Waals surface area contributed by atoms with Crippen LogP contribution in [0, 0.1) is 11.3 Å². The molecule has 0 spiro atoms. The zero-order valence-corrected chi connectivity index (χ0v) is 10.4. The highest BCUT2D eigenvalue weighted by atomic mass is 35.5.